The van der Waals surface area contributed by atoms with E-state index in [0.29, 0.717) is 19.4 Å². The molecule has 0 amide bonds. The van der Waals surface area contributed by atoms with E-state index in [1.807, 2.05) is 25.1 Å². The maximum Gasteiger partial charge on any atom is 0.303 e. The molecular weight excluding hydrogens is 364 g/mol. The van der Waals surface area contributed by atoms with E-state index < -0.39 is 5.97 Å². The number of unbranched alkanes of at least 4 members (excludes halogenated alkanes) is 10. The van der Waals surface area contributed by atoms with Crippen LogP contribution in [0.25, 0.3) is 0 Å². The summed E-state index contributed by atoms with van der Waals surface area (Å²) in [6.45, 7) is 2.46. The highest BCUT2D eigenvalue weighted by Crippen LogP contribution is 2.17. The molecule has 0 fully saturated rings. The summed E-state index contributed by atoms with van der Waals surface area (Å²) in [4.78, 5) is 10.4. The highest BCUT2D eigenvalue weighted by atomic mass is 16.5. The second-order valence-corrected chi connectivity index (χ2v) is 8.32. The molecule has 0 saturated heterocycles. The number of ether oxygens (including phenoxy) is 1. The van der Waals surface area contributed by atoms with Gasteiger partial charge in [0.1, 0.15) is 0 Å². The third-order valence-electron chi connectivity index (χ3n) is 5.35. The first kappa shape index (κ1) is 25.6. The minimum atomic E-state index is -0.676. The van der Waals surface area contributed by atoms with E-state index in [1.54, 1.807) is 0 Å². The van der Waals surface area contributed by atoms with Crippen molar-refractivity contribution in [3.05, 3.63) is 35.9 Å². The first-order valence-electron chi connectivity index (χ1n) is 11.6. The lowest BCUT2D eigenvalue weighted by Gasteiger charge is -2.19. The topological polar surface area (TPSA) is 66.8 Å². The zero-order chi connectivity index (χ0) is 21.2. The third-order valence-corrected chi connectivity index (χ3v) is 5.35. The molecule has 0 radical (unpaired) electrons. The number of hydrogen-bond acceptors (Lipinski definition) is 3. The SMILES string of the molecule is CC(O)CC(CCCCCCCCCCCCCC(=O)O)OCc1ccccc1. The van der Waals surface area contributed by atoms with E-state index >= 15 is 0 Å². The zero-order valence-corrected chi connectivity index (χ0v) is 18.4. The Hall–Kier alpha value is -1.39. The van der Waals surface area contributed by atoms with Crippen molar-refractivity contribution >= 4 is 5.97 Å². The van der Waals surface area contributed by atoms with Gasteiger partial charge < -0.3 is 14.9 Å². The van der Waals surface area contributed by atoms with Crippen LogP contribution in [0, 0.1) is 0 Å². The highest BCUT2D eigenvalue weighted by molar-refractivity contribution is 5.66. The van der Waals surface area contributed by atoms with Gasteiger partial charge in [0.15, 0.2) is 0 Å². The van der Waals surface area contributed by atoms with Crippen molar-refractivity contribution in [2.75, 3.05) is 0 Å². The molecule has 0 heterocycles. The van der Waals surface area contributed by atoms with Crippen LogP contribution >= 0.6 is 0 Å². The molecule has 2 unspecified atom stereocenters. The Balaban J connectivity index is 1.98. The molecule has 0 saturated carbocycles. The standard InChI is InChI=1S/C25H42O4/c1-22(26)20-24(29-21-23-16-12-11-13-17-23)18-14-9-7-5-3-2-4-6-8-10-15-19-25(27)28/h11-13,16-17,22,24,26H,2-10,14-15,18-21H2,1H3,(H,27,28). The molecule has 1 aromatic rings. The fourth-order valence-electron chi connectivity index (χ4n) is 3.68. The number of carbonyl (C=O) groups is 1. The predicted molar refractivity (Wildman–Crippen MR) is 119 cm³/mol. The highest BCUT2D eigenvalue weighted by Gasteiger charge is 2.12. The smallest absolute Gasteiger partial charge is 0.303 e. The van der Waals surface area contributed by atoms with Gasteiger partial charge in [0.05, 0.1) is 18.8 Å². The van der Waals surface area contributed by atoms with Crippen molar-refractivity contribution in [2.45, 2.75) is 116 Å². The van der Waals surface area contributed by atoms with Gasteiger partial charge in [-0.05, 0) is 31.7 Å². The molecule has 1 rings (SSSR count). The summed E-state index contributed by atoms with van der Waals surface area (Å²) in [6, 6.07) is 10.2. The molecule has 4 nitrogen and oxygen atoms in total. The summed E-state index contributed by atoms with van der Waals surface area (Å²) in [5.74, 6) is -0.676. The van der Waals surface area contributed by atoms with Crippen molar-refractivity contribution in [1.29, 1.82) is 0 Å². The minimum Gasteiger partial charge on any atom is -0.481 e. The number of rotatable bonds is 19. The Morgan fingerprint density at radius 1 is 0.862 bits per heavy atom. The quantitative estimate of drug-likeness (QED) is 0.257. The Kier molecular flexibility index (Phi) is 15.4. The molecule has 1 aromatic carbocycles. The van der Waals surface area contributed by atoms with Crippen molar-refractivity contribution in [3.63, 3.8) is 0 Å². The van der Waals surface area contributed by atoms with Gasteiger partial charge in [-0.25, -0.2) is 0 Å². The summed E-state index contributed by atoms with van der Waals surface area (Å²) in [7, 11) is 0. The summed E-state index contributed by atoms with van der Waals surface area (Å²) < 4.78 is 6.06. The molecule has 166 valence electrons. The van der Waals surface area contributed by atoms with Gasteiger partial charge in [0, 0.05) is 6.42 Å². The number of benzene rings is 1. The molecule has 0 bridgehead atoms. The number of carboxylic acids is 1. The van der Waals surface area contributed by atoms with E-state index in [0.717, 1.165) is 25.7 Å². The molecule has 4 heteroatoms. The summed E-state index contributed by atoms with van der Waals surface area (Å²) in [5, 5.41) is 18.3. The zero-order valence-electron chi connectivity index (χ0n) is 18.4. The Bertz CT molecular complexity index is 501. The van der Waals surface area contributed by atoms with Crippen LogP contribution in [0.3, 0.4) is 0 Å². The second kappa shape index (κ2) is 17.5. The monoisotopic (exact) mass is 406 g/mol. The van der Waals surface area contributed by atoms with Gasteiger partial charge in [0.25, 0.3) is 0 Å². The van der Waals surface area contributed by atoms with Crippen LogP contribution in [0.4, 0.5) is 0 Å². The van der Waals surface area contributed by atoms with Crippen molar-refractivity contribution < 1.29 is 19.7 Å². The normalized spacial score (nSPS) is 13.3. The number of aliphatic carboxylic acids is 1. The van der Waals surface area contributed by atoms with Gasteiger partial charge in [-0.15, -0.1) is 0 Å². The molecule has 0 aliphatic carbocycles. The minimum absolute atomic E-state index is 0.135. The van der Waals surface area contributed by atoms with Crippen LogP contribution in [0.1, 0.15) is 102 Å². The van der Waals surface area contributed by atoms with Gasteiger partial charge in [-0.3, -0.25) is 4.79 Å². The van der Waals surface area contributed by atoms with Crippen LogP contribution in [0.5, 0.6) is 0 Å². The molecule has 0 aromatic heterocycles. The third kappa shape index (κ3) is 16.1. The number of aliphatic hydroxyl groups is 1. The van der Waals surface area contributed by atoms with Crippen LogP contribution in [-0.4, -0.2) is 28.4 Å². The average molecular weight is 407 g/mol. The van der Waals surface area contributed by atoms with Gasteiger partial charge in [0.2, 0.25) is 0 Å². The van der Waals surface area contributed by atoms with E-state index in [4.69, 9.17) is 9.84 Å². The molecule has 2 atom stereocenters. The summed E-state index contributed by atoms with van der Waals surface area (Å²) in [6.07, 6.45) is 15.0. The lowest BCUT2D eigenvalue weighted by atomic mass is 10.0. The van der Waals surface area contributed by atoms with Crippen LogP contribution in [0.2, 0.25) is 0 Å². The molecule has 29 heavy (non-hydrogen) atoms. The maximum absolute atomic E-state index is 10.4. The van der Waals surface area contributed by atoms with Crippen LogP contribution in [-0.2, 0) is 16.1 Å². The lowest BCUT2D eigenvalue weighted by molar-refractivity contribution is -0.137. The van der Waals surface area contributed by atoms with E-state index in [1.165, 1.54) is 56.9 Å². The Morgan fingerprint density at radius 2 is 1.38 bits per heavy atom. The van der Waals surface area contributed by atoms with Crippen LogP contribution < -0.4 is 0 Å². The van der Waals surface area contributed by atoms with E-state index in [-0.39, 0.29) is 12.2 Å². The van der Waals surface area contributed by atoms with Gasteiger partial charge in [-0.2, -0.15) is 0 Å². The van der Waals surface area contributed by atoms with E-state index in [2.05, 4.69) is 12.1 Å². The molecule has 2 N–H and O–H groups in total. The van der Waals surface area contributed by atoms with Crippen LogP contribution in [0.15, 0.2) is 30.3 Å². The maximum atomic E-state index is 10.4. The fourth-order valence-corrected chi connectivity index (χ4v) is 3.68. The van der Waals surface area contributed by atoms with E-state index in [9.17, 15) is 9.90 Å². The largest absolute Gasteiger partial charge is 0.481 e. The average Bonchev–Trinajstić information content (AvgIpc) is 2.69. The fraction of sp³-hybridized carbons (Fsp3) is 0.720. The number of aliphatic hydroxyl groups excluding tert-OH is 1. The summed E-state index contributed by atoms with van der Waals surface area (Å²) in [5.41, 5.74) is 1.19. The second-order valence-electron chi connectivity index (χ2n) is 8.32. The predicted octanol–water partition coefficient (Wildman–Crippen LogP) is 6.50. The van der Waals surface area contributed by atoms with Gasteiger partial charge in [-0.1, -0.05) is 94.5 Å². The summed E-state index contributed by atoms with van der Waals surface area (Å²) >= 11 is 0. The first-order chi connectivity index (χ1) is 14.1. The molecule has 0 aliphatic rings. The van der Waals surface area contributed by atoms with Crippen molar-refractivity contribution in [3.8, 4) is 0 Å². The number of hydrogen-bond donors (Lipinski definition) is 2. The molecule has 0 spiro atoms. The molecular formula is C25H42O4. The molecule has 0 aliphatic heterocycles. The van der Waals surface area contributed by atoms with Crippen molar-refractivity contribution in [1.82, 2.24) is 0 Å². The van der Waals surface area contributed by atoms with Gasteiger partial charge >= 0.3 is 5.97 Å². The Morgan fingerprint density at radius 3 is 1.90 bits per heavy atom. The lowest BCUT2D eigenvalue weighted by Crippen LogP contribution is -2.19. The first-order valence-corrected chi connectivity index (χ1v) is 11.6. The van der Waals surface area contributed by atoms with Crippen molar-refractivity contribution in [2.24, 2.45) is 0 Å². The number of carboxylic acid groups (broad SMARTS) is 1. The Labute approximate surface area is 177 Å².